The smallest absolute Gasteiger partial charge is 0.282 e. The molecule has 0 atom stereocenters. The van der Waals surface area contributed by atoms with Crippen molar-refractivity contribution in [3.8, 4) is 0 Å². The minimum atomic E-state index is -3.44. The highest BCUT2D eigenvalue weighted by Crippen LogP contribution is 2.47. The molecule has 0 radical (unpaired) electrons. The molecular formula is C20H30N6O2S. The normalized spacial score (nSPS) is 22.9. The first-order valence-corrected chi connectivity index (χ1v) is 12.2. The molecule has 0 unspecified atom stereocenters. The van der Waals surface area contributed by atoms with Crippen molar-refractivity contribution >= 4 is 27.1 Å². The molecule has 1 saturated heterocycles. The molecule has 0 aromatic carbocycles. The number of nitrogens with one attached hydrogen (secondary N) is 1. The Morgan fingerprint density at radius 3 is 2.79 bits per heavy atom. The number of hydrogen-bond acceptors (Lipinski definition) is 5. The van der Waals surface area contributed by atoms with Crippen molar-refractivity contribution in [3.05, 3.63) is 18.6 Å². The molecule has 2 aromatic rings. The molecule has 9 heteroatoms. The Bertz CT molecular complexity index is 980. The number of rotatable bonds is 6. The number of aromatic nitrogens is 3. The van der Waals surface area contributed by atoms with E-state index in [1.54, 1.807) is 22.0 Å². The molecule has 3 fully saturated rings. The molecule has 0 amide bonds. The van der Waals surface area contributed by atoms with Gasteiger partial charge in [0.05, 0.1) is 10.9 Å². The lowest BCUT2D eigenvalue weighted by atomic mass is 10.0. The molecular weight excluding hydrogens is 388 g/mol. The van der Waals surface area contributed by atoms with Gasteiger partial charge >= 0.3 is 0 Å². The Kier molecular flexibility index (Phi) is 4.79. The summed E-state index contributed by atoms with van der Waals surface area (Å²) in [6.07, 6.45) is 11.4. The molecule has 1 aliphatic heterocycles. The summed E-state index contributed by atoms with van der Waals surface area (Å²) in [5.74, 6) is 1.59. The van der Waals surface area contributed by atoms with Gasteiger partial charge in [-0.25, -0.2) is 9.97 Å². The van der Waals surface area contributed by atoms with E-state index in [2.05, 4.69) is 19.9 Å². The lowest BCUT2D eigenvalue weighted by Crippen LogP contribution is -2.59. The Labute approximate surface area is 172 Å². The van der Waals surface area contributed by atoms with E-state index in [0.29, 0.717) is 32.1 Å². The molecule has 2 aliphatic carbocycles. The summed E-state index contributed by atoms with van der Waals surface area (Å²) in [6.45, 7) is 2.47. The Balaban J connectivity index is 1.31. The highest BCUT2D eigenvalue weighted by atomic mass is 32.2. The SMILES string of the molecule is CN(CCC1CCCC1)S(=O)(=O)N1CCN(c2ncnc3[nH]ccc23)CC12CC2. The zero-order valence-corrected chi connectivity index (χ0v) is 17.9. The van der Waals surface area contributed by atoms with Gasteiger partial charge in [-0.3, -0.25) is 0 Å². The zero-order valence-electron chi connectivity index (χ0n) is 17.0. The number of piperazine rings is 1. The summed E-state index contributed by atoms with van der Waals surface area (Å²) >= 11 is 0. The lowest BCUT2D eigenvalue weighted by Gasteiger charge is -2.43. The number of hydrogen-bond donors (Lipinski definition) is 1. The fourth-order valence-corrected chi connectivity index (χ4v) is 6.83. The van der Waals surface area contributed by atoms with Crippen LogP contribution in [0.3, 0.4) is 0 Å². The van der Waals surface area contributed by atoms with Crippen molar-refractivity contribution in [2.45, 2.75) is 50.5 Å². The number of anilines is 1. The van der Waals surface area contributed by atoms with Crippen molar-refractivity contribution in [1.82, 2.24) is 23.6 Å². The second-order valence-corrected chi connectivity index (χ2v) is 10.9. The molecule has 1 N–H and O–H groups in total. The van der Waals surface area contributed by atoms with Gasteiger partial charge in [0.2, 0.25) is 0 Å². The number of aromatic amines is 1. The summed E-state index contributed by atoms with van der Waals surface area (Å²) in [5, 5.41) is 0.994. The predicted molar refractivity (Wildman–Crippen MR) is 113 cm³/mol. The van der Waals surface area contributed by atoms with Gasteiger partial charge in [-0.05, 0) is 31.2 Å². The third-order valence-electron chi connectivity index (χ3n) is 7.05. The van der Waals surface area contributed by atoms with E-state index in [4.69, 9.17) is 0 Å². The van der Waals surface area contributed by atoms with Crippen molar-refractivity contribution in [2.75, 3.05) is 38.1 Å². The quantitative estimate of drug-likeness (QED) is 0.778. The number of fused-ring (bicyclic) bond motifs is 1. The maximum absolute atomic E-state index is 13.4. The molecule has 0 bridgehead atoms. The average molecular weight is 419 g/mol. The second kappa shape index (κ2) is 7.21. The fourth-order valence-electron chi connectivity index (χ4n) is 5.11. The molecule has 1 spiro atoms. The van der Waals surface area contributed by atoms with E-state index in [9.17, 15) is 8.42 Å². The minimum Gasteiger partial charge on any atom is -0.353 e. The highest BCUT2D eigenvalue weighted by molar-refractivity contribution is 7.86. The Hall–Kier alpha value is -1.71. The van der Waals surface area contributed by atoms with Gasteiger partial charge < -0.3 is 9.88 Å². The zero-order chi connectivity index (χ0) is 20.1. The van der Waals surface area contributed by atoms with Crippen LogP contribution in [0, 0.1) is 5.92 Å². The van der Waals surface area contributed by atoms with Crippen molar-refractivity contribution < 1.29 is 8.42 Å². The summed E-state index contributed by atoms with van der Waals surface area (Å²) in [7, 11) is -1.68. The maximum atomic E-state index is 13.4. The molecule has 29 heavy (non-hydrogen) atoms. The molecule has 5 rings (SSSR count). The van der Waals surface area contributed by atoms with Crippen LogP contribution in [0.15, 0.2) is 18.6 Å². The summed E-state index contributed by atoms with van der Waals surface area (Å²) in [6, 6.07) is 1.99. The first-order chi connectivity index (χ1) is 14.0. The lowest BCUT2D eigenvalue weighted by molar-refractivity contribution is 0.248. The van der Waals surface area contributed by atoms with Gasteiger partial charge in [-0.15, -0.1) is 0 Å². The second-order valence-electron chi connectivity index (χ2n) is 8.92. The topological polar surface area (TPSA) is 85.4 Å². The molecule has 2 aromatic heterocycles. The van der Waals surface area contributed by atoms with E-state index in [0.717, 1.165) is 36.1 Å². The standard InChI is InChI=1S/C20H30N6O2S/c1-24(11-7-16-4-2-3-5-16)29(27,28)26-13-12-25(14-20(26)8-9-20)19-17-6-10-21-18(17)22-15-23-19/h6,10,15-16H,2-5,7-9,11-14H2,1H3,(H,21,22,23). The van der Waals surface area contributed by atoms with E-state index in [1.165, 1.54) is 25.7 Å². The first kappa shape index (κ1) is 19.3. The van der Waals surface area contributed by atoms with Crippen LogP contribution in [0.5, 0.6) is 0 Å². The van der Waals surface area contributed by atoms with E-state index < -0.39 is 10.2 Å². The van der Waals surface area contributed by atoms with Crippen molar-refractivity contribution in [3.63, 3.8) is 0 Å². The summed E-state index contributed by atoms with van der Waals surface area (Å²) in [5.41, 5.74) is 0.535. The van der Waals surface area contributed by atoms with Crippen LogP contribution >= 0.6 is 0 Å². The molecule has 158 valence electrons. The Morgan fingerprint density at radius 1 is 1.24 bits per heavy atom. The first-order valence-electron chi connectivity index (χ1n) is 10.8. The maximum Gasteiger partial charge on any atom is 0.282 e. The van der Waals surface area contributed by atoms with Crippen molar-refractivity contribution in [1.29, 1.82) is 0 Å². The average Bonchev–Trinajstić information content (AvgIpc) is 3.15. The van der Waals surface area contributed by atoms with Gasteiger partial charge in [-0.2, -0.15) is 17.0 Å². The minimum absolute atomic E-state index is 0.285. The van der Waals surface area contributed by atoms with Crippen LogP contribution < -0.4 is 4.90 Å². The van der Waals surface area contributed by atoms with Crippen molar-refractivity contribution in [2.24, 2.45) is 5.92 Å². The van der Waals surface area contributed by atoms with E-state index in [-0.39, 0.29) is 5.54 Å². The highest BCUT2D eigenvalue weighted by Gasteiger charge is 2.56. The van der Waals surface area contributed by atoms with Crippen LogP contribution in [-0.2, 0) is 10.2 Å². The number of nitrogens with zero attached hydrogens (tertiary/aromatic N) is 5. The number of H-pyrrole nitrogens is 1. The van der Waals surface area contributed by atoms with Gasteiger partial charge in [0.15, 0.2) is 0 Å². The third-order valence-corrected chi connectivity index (χ3v) is 9.14. The van der Waals surface area contributed by atoms with Gasteiger partial charge in [0, 0.05) is 39.4 Å². The largest absolute Gasteiger partial charge is 0.353 e. The van der Waals surface area contributed by atoms with Crippen LogP contribution in [0.25, 0.3) is 11.0 Å². The molecule has 8 nitrogen and oxygen atoms in total. The van der Waals surface area contributed by atoms with Gasteiger partial charge in [0.1, 0.15) is 17.8 Å². The monoisotopic (exact) mass is 418 g/mol. The van der Waals surface area contributed by atoms with Gasteiger partial charge in [-0.1, -0.05) is 25.7 Å². The Morgan fingerprint density at radius 2 is 2.03 bits per heavy atom. The van der Waals surface area contributed by atoms with E-state index >= 15 is 0 Å². The van der Waals surface area contributed by atoms with Gasteiger partial charge in [0.25, 0.3) is 10.2 Å². The molecule has 2 saturated carbocycles. The summed E-state index contributed by atoms with van der Waals surface area (Å²) in [4.78, 5) is 14.1. The van der Waals surface area contributed by atoms with Crippen LogP contribution in [0.4, 0.5) is 5.82 Å². The fraction of sp³-hybridized carbons (Fsp3) is 0.700. The summed E-state index contributed by atoms with van der Waals surface area (Å²) < 4.78 is 30.1. The third kappa shape index (κ3) is 3.43. The molecule has 3 heterocycles. The molecule has 3 aliphatic rings. The van der Waals surface area contributed by atoms with Crippen LogP contribution in [0.1, 0.15) is 44.9 Å². The predicted octanol–water partition coefficient (Wildman–Crippen LogP) is 2.37. The van der Waals surface area contributed by atoms with Crippen LogP contribution in [0.2, 0.25) is 0 Å². The van der Waals surface area contributed by atoms with E-state index in [1.807, 2.05) is 12.3 Å². The van der Waals surface area contributed by atoms with Crippen LogP contribution in [-0.4, -0.2) is 70.7 Å².